The fraction of sp³-hybridized carbons (Fsp3) is 0.500. The third-order valence-corrected chi connectivity index (χ3v) is 4.97. The van der Waals surface area contributed by atoms with Crippen molar-refractivity contribution in [2.24, 2.45) is 0 Å². The molecule has 0 radical (unpaired) electrons. The molecule has 0 spiro atoms. The number of rotatable bonds is 8. The lowest BCUT2D eigenvalue weighted by Gasteiger charge is -2.25. The maximum Gasteiger partial charge on any atom is 0.230 e. The minimum Gasteiger partial charge on any atom is -0.353 e. The van der Waals surface area contributed by atoms with Crippen LogP contribution >= 0.6 is 11.8 Å². The highest BCUT2D eigenvalue weighted by atomic mass is 32.2. The van der Waals surface area contributed by atoms with Crippen LogP contribution in [0.3, 0.4) is 0 Å². The third-order valence-electron chi connectivity index (χ3n) is 4.04. The number of aromatic nitrogens is 4. The van der Waals surface area contributed by atoms with Gasteiger partial charge in [-0.15, -0.1) is 5.10 Å². The number of hydrogen-bond acceptors (Lipinski definition) is 6. The van der Waals surface area contributed by atoms with E-state index in [-0.39, 0.29) is 23.5 Å². The Hall–Kier alpha value is -2.00. The topological polar surface area (TPSA) is 75.9 Å². The second kappa shape index (κ2) is 7.92. The van der Waals surface area contributed by atoms with E-state index >= 15 is 0 Å². The number of tetrazole rings is 1. The van der Waals surface area contributed by atoms with Crippen molar-refractivity contribution < 1.29 is 9.18 Å². The molecule has 1 saturated carbocycles. The lowest BCUT2D eigenvalue weighted by Crippen LogP contribution is -2.35. The van der Waals surface area contributed by atoms with Gasteiger partial charge in [0.25, 0.3) is 0 Å². The SMILES string of the molecule is CN(C)C(CNC(=O)CSc1nnnn1C1CC1)c1cccc(F)c1. The Kier molecular flexibility index (Phi) is 5.64. The summed E-state index contributed by atoms with van der Waals surface area (Å²) in [5.41, 5.74) is 0.829. The number of nitrogens with one attached hydrogen (secondary N) is 1. The standard InChI is InChI=1S/C16H21FN6OS/c1-22(2)14(11-4-3-5-12(17)8-11)9-18-15(24)10-25-16-19-20-21-23(16)13-6-7-13/h3-5,8,13-14H,6-7,9-10H2,1-2H3,(H,18,24). The van der Waals surface area contributed by atoms with E-state index in [1.54, 1.807) is 10.7 Å². The van der Waals surface area contributed by atoms with E-state index in [1.165, 1.54) is 23.9 Å². The van der Waals surface area contributed by atoms with Gasteiger partial charge in [-0.1, -0.05) is 23.9 Å². The smallest absolute Gasteiger partial charge is 0.230 e. The van der Waals surface area contributed by atoms with Crippen LogP contribution in [0.4, 0.5) is 4.39 Å². The number of benzene rings is 1. The maximum absolute atomic E-state index is 13.4. The van der Waals surface area contributed by atoms with Crippen molar-refractivity contribution in [1.29, 1.82) is 0 Å². The van der Waals surface area contributed by atoms with E-state index in [9.17, 15) is 9.18 Å². The van der Waals surface area contributed by atoms with Gasteiger partial charge in [-0.05, 0) is 55.1 Å². The minimum absolute atomic E-state index is 0.0959. The normalized spacial score (nSPS) is 15.4. The molecule has 0 saturated heterocycles. The molecule has 1 unspecified atom stereocenters. The number of likely N-dealkylation sites (N-methyl/N-ethyl adjacent to an activating group) is 1. The maximum atomic E-state index is 13.4. The van der Waals surface area contributed by atoms with Crippen molar-refractivity contribution in [3.63, 3.8) is 0 Å². The van der Waals surface area contributed by atoms with Crippen LogP contribution in [0.1, 0.15) is 30.5 Å². The van der Waals surface area contributed by atoms with Crippen LogP contribution in [-0.2, 0) is 4.79 Å². The second-order valence-electron chi connectivity index (χ2n) is 6.26. The summed E-state index contributed by atoms with van der Waals surface area (Å²) in [6.07, 6.45) is 2.17. The van der Waals surface area contributed by atoms with Crippen LogP contribution < -0.4 is 5.32 Å². The predicted octanol–water partition coefficient (Wildman–Crippen LogP) is 1.66. The minimum atomic E-state index is -0.279. The monoisotopic (exact) mass is 364 g/mol. The number of hydrogen-bond donors (Lipinski definition) is 1. The molecule has 0 bridgehead atoms. The fourth-order valence-electron chi connectivity index (χ4n) is 2.53. The molecule has 9 heteroatoms. The van der Waals surface area contributed by atoms with Crippen molar-refractivity contribution in [3.8, 4) is 0 Å². The molecule has 1 aliphatic rings. The zero-order chi connectivity index (χ0) is 17.8. The molecule has 2 aromatic rings. The van der Waals surface area contributed by atoms with Crippen LogP contribution in [0.5, 0.6) is 0 Å². The van der Waals surface area contributed by atoms with Gasteiger partial charge in [-0.25, -0.2) is 9.07 Å². The second-order valence-corrected chi connectivity index (χ2v) is 7.21. The molecular weight excluding hydrogens is 343 g/mol. The molecule has 25 heavy (non-hydrogen) atoms. The lowest BCUT2D eigenvalue weighted by atomic mass is 10.1. The van der Waals surface area contributed by atoms with Crippen molar-refractivity contribution in [2.45, 2.75) is 30.1 Å². The highest BCUT2D eigenvalue weighted by Gasteiger charge is 2.28. The van der Waals surface area contributed by atoms with Gasteiger partial charge in [-0.2, -0.15) is 0 Å². The first kappa shape index (κ1) is 17.8. The summed E-state index contributed by atoms with van der Waals surface area (Å²) in [6, 6.07) is 6.73. The van der Waals surface area contributed by atoms with Crippen molar-refractivity contribution >= 4 is 17.7 Å². The number of nitrogens with zero attached hydrogens (tertiary/aromatic N) is 5. The van der Waals surface area contributed by atoms with Crippen LogP contribution in [0.2, 0.25) is 0 Å². The van der Waals surface area contributed by atoms with Crippen molar-refractivity contribution in [1.82, 2.24) is 30.4 Å². The van der Waals surface area contributed by atoms with E-state index in [2.05, 4.69) is 20.8 Å². The first-order valence-electron chi connectivity index (χ1n) is 8.14. The Bertz CT molecular complexity index is 733. The molecular formula is C16H21FN6OS. The molecule has 1 N–H and O–H groups in total. The largest absolute Gasteiger partial charge is 0.353 e. The van der Waals surface area contributed by atoms with Gasteiger partial charge < -0.3 is 10.2 Å². The lowest BCUT2D eigenvalue weighted by molar-refractivity contribution is -0.118. The average molecular weight is 364 g/mol. The zero-order valence-electron chi connectivity index (χ0n) is 14.2. The summed E-state index contributed by atoms with van der Waals surface area (Å²) in [4.78, 5) is 14.1. The summed E-state index contributed by atoms with van der Waals surface area (Å²) < 4.78 is 15.2. The van der Waals surface area contributed by atoms with Crippen LogP contribution in [-0.4, -0.2) is 57.4 Å². The van der Waals surface area contributed by atoms with Gasteiger partial charge in [0.05, 0.1) is 17.8 Å². The van der Waals surface area contributed by atoms with Gasteiger partial charge >= 0.3 is 0 Å². The number of carbonyl (C=O) groups excluding carboxylic acids is 1. The predicted molar refractivity (Wildman–Crippen MR) is 92.6 cm³/mol. The first-order chi connectivity index (χ1) is 12.0. The van der Waals surface area contributed by atoms with Gasteiger partial charge in [0.15, 0.2) is 0 Å². The van der Waals surface area contributed by atoms with Gasteiger partial charge in [0, 0.05) is 6.54 Å². The zero-order valence-corrected chi connectivity index (χ0v) is 15.0. The number of amides is 1. The van der Waals surface area contributed by atoms with Crippen molar-refractivity contribution in [2.75, 3.05) is 26.4 Å². The summed E-state index contributed by atoms with van der Waals surface area (Å²) in [7, 11) is 3.81. The summed E-state index contributed by atoms with van der Waals surface area (Å²) in [5.74, 6) is -0.132. The van der Waals surface area contributed by atoms with Gasteiger partial charge in [0.1, 0.15) is 5.82 Å². The van der Waals surface area contributed by atoms with E-state index in [1.807, 2.05) is 25.1 Å². The molecule has 1 aromatic heterocycles. The fourth-order valence-corrected chi connectivity index (χ4v) is 3.31. The van der Waals surface area contributed by atoms with E-state index in [0.29, 0.717) is 17.7 Å². The van der Waals surface area contributed by atoms with E-state index < -0.39 is 0 Å². The van der Waals surface area contributed by atoms with E-state index in [0.717, 1.165) is 18.4 Å². The van der Waals surface area contributed by atoms with Crippen LogP contribution in [0, 0.1) is 5.82 Å². The van der Waals surface area contributed by atoms with Gasteiger partial charge in [0.2, 0.25) is 11.1 Å². The molecule has 134 valence electrons. The highest BCUT2D eigenvalue weighted by molar-refractivity contribution is 7.99. The Morgan fingerprint density at radius 2 is 2.28 bits per heavy atom. The van der Waals surface area contributed by atoms with Crippen molar-refractivity contribution in [3.05, 3.63) is 35.6 Å². The van der Waals surface area contributed by atoms with Crippen LogP contribution in [0.15, 0.2) is 29.4 Å². The molecule has 1 aliphatic carbocycles. The molecule has 1 aromatic carbocycles. The Morgan fingerprint density at radius 1 is 1.48 bits per heavy atom. The summed E-state index contributed by atoms with van der Waals surface area (Å²) in [6.45, 7) is 0.406. The Balaban J connectivity index is 1.52. The Morgan fingerprint density at radius 3 is 2.96 bits per heavy atom. The summed E-state index contributed by atoms with van der Waals surface area (Å²) in [5, 5.41) is 15.2. The molecule has 7 nitrogen and oxygen atoms in total. The molecule has 1 amide bonds. The number of carbonyl (C=O) groups is 1. The molecule has 3 rings (SSSR count). The molecule has 0 aliphatic heterocycles. The number of halogens is 1. The van der Waals surface area contributed by atoms with Crippen LogP contribution in [0.25, 0.3) is 0 Å². The first-order valence-corrected chi connectivity index (χ1v) is 9.12. The summed E-state index contributed by atoms with van der Waals surface area (Å²) >= 11 is 1.33. The van der Waals surface area contributed by atoms with Gasteiger partial charge in [-0.3, -0.25) is 4.79 Å². The molecule has 1 heterocycles. The van der Waals surface area contributed by atoms with E-state index in [4.69, 9.17) is 0 Å². The highest BCUT2D eigenvalue weighted by Crippen LogP contribution is 2.36. The average Bonchev–Trinajstić information content (AvgIpc) is 3.31. The Labute approximate surface area is 150 Å². The molecule has 1 fully saturated rings. The third kappa shape index (κ3) is 4.76. The quantitative estimate of drug-likeness (QED) is 0.718. The molecule has 1 atom stereocenters. The number of thioether (sulfide) groups is 1.